The monoisotopic (exact) mass is 387 g/mol. The first-order valence-electron chi connectivity index (χ1n) is 9.32. The van der Waals surface area contributed by atoms with Gasteiger partial charge < -0.3 is 20.6 Å². The standard InChI is InChI=1S/C23H21N3O3/c24-19(9-18-12-26-22-4-2-1-3-21(18)22)14-29-20-10-17(11-25-13-20)15-5-7-16(8-6-15)23(27)28/h1-8,10-13,19,26H,9,14,24H2,(H,27,28)/t19-/m0/s1. The summed E-state index contributed by atoms with van der Waals surface area (Å²) < 4.78 is 5.86. The van der Waals surface area contributed by atoms with Crippen molar-refractivity contribution in [3.63, 3.8) is 0 Å². The Labute approximate surface area is 168 Å². The molecular formula is C23H21N3O3. The van der Waals surface area contributed by atoms with E-state index in [1.54, 1.807) is 36.7 Å². The number of nitrogens with zero attached hydrogens (tertiary/aromatic N) is 1. The molecule has 0 spiro atoms. The van der Waals surface area contributed by atoms with Crippen LogP contribution in [-0.2, 0) is 6.42 Å². The third kappa shape index (κ3) is 4.28. The van der Waals surface area contributed by atoms with Crippen LogP contribution in [0.4, 0.5) is 0 Å². The van der Waals surface area contributed by atoms with Crippen LogP contribution in [0.15, 0.2) is 73.2 Å². The minimum atomic E-state index is -0.948. The number of aromatic amines is 1. The Morgan fingerprint density at radius 1 is 1.10 bits per heavy atom. The lowest BCUT2D eigenvalue weighted by Gasteiger charge is -2.13. The first-order valence-corrected chi connectivity index (χ1v) is 9.32. The van der Waals surface area contributed by atoms with Gasteiger partial charge in [-0.05, 0) is 41.8 Å². The number of para-hydroxylation sites is 1. The van der Waals surface area contributed by atoms with E-state index in [0.717, 1.165) is 16.6 Å². The van der Waals surface area contributed by atoms with E-state index in [0.29, 0.717) is 18.8 Å². The van der Waals surface area contributed by atoms with Crippen molar-refractivity contribution in [2.24, 2.45) is 5.73 Å². The van der Waals surface area contributed by atoms with Crippen molar-refractivity contribution in [3.8, 4) is 16.9 Å². The van der Waals surface area contributed by atoms with Crippen molar-refractivity contribution in [2.45, 2.75) is 12.5 Å². The predicted octanol–water partition coefficient (Wildman–Crippen LogP) is 3.88. The molecule has 2 aromatic carbocycles. The number of carbonyl (C=O) groups is 1. The number of benzene rings is 2. The number of hydrogen-bond acceptors (Lipinski definition) is 4. The highest BCUT2D eigenvalue weighted by molar-refractivity contribution is 5.88. The first-order chi connectivity index (χ1) is 14.1. The number of aromatic carboxylic acids is 1. The zero-order valence-electron chi connectivity index (χ0n) is 15.7. The Hall–Kier alpha value is -3.64. The molecule has 2 aromatic heterocycles. The molecular weight excluding hydrogens is 366 g/mol. The maximum Gasteiger partial charge on any atom is 0.335 e. The van der Waals surface area contributed by atoms with Crippen molar-refractivity contribution >= 4 is 16.9 Å². The fraction of sp³-hybridized carbons (Fsp3) is 0.130. The average Bonchev–Trinajstić information content (AvgIpc) is 3.15. The largest absolute Gasteiger partial charge is 0.490 e. The van der Waals surface area contributed by atoms with Crippen molar-refractivity contribution in [3.05, 3.63) is 84.3 Å². The maximum absolute atomic E-state index is 11.0. The Morgan fingerprint density at radius 3 is 2.69 bits per heavy atom. The molecule has 0 aliphatic heterocycles. The second-order valence-corrected chi connectivity index (χ2v) is 6.93. The molecule has 4 rings (SSSR count). The summed E-state index contributed by atoms with van der Waals surface area (Å²) in [4.78, 5) is 18.5. The second-order valence-electron chi connectivity index (χ2n) is 6.93. The molecule has 0 unspecified atom stereocenters. The number of nitrogens with one attached hydrogen (secondary N) is 1. The molecule has 0 fully saturated rings. The topological polar surface area (TPSA) is 101 Å². The molecule has 6 nitrogen and oxygen atoms in total. The molecule has 0 saturated heterocycles. The molecule has 0 radical (unpaired) electrons. The number of carboxylic acids is 1. The number of hydrogen-bond donors (Lipinski definition) is 3. The van der Waals surface area contributed by atoms with Gasteiger partial charge in [-0.15, -0.1) is 0 Å². The highest BCUT2D eigenvalue weighted by Gasteiger charge is 2.10. The summed E-state index contributed by atoms with van der Waals surface area (Å²) in [6.45, 7) is 0.364. The molecule has 146 valence electrons. The average molecular weight is 387 g/mol. The van der Waals surface area contributed by atoms with Crippen LogP contribution < -0.4 is 10.5 Å². The Bertz CT molecular complexity index is 1140. The van der Waals surface area contributed by atoms with Crippen LogP contribution in [0.2, 0.25) is 0 Å². The Balaban J connectivity index is 1.40. The summed E-state index contributed by atoms with van der Waals surface area (Å²) in [5, 5.41) is 10.2. The highest BCUT2D eigenvalue weighted by atomic mass is 16.5. The summed E-state index contributed by atoms with van der Waals surface area (Å²) in [5.41, 5.74) is 10.5. The summed E-state index contributed by atoms with van der Waals surface area (Å²) in [6.07, 6.45) is 6.06. The summed E-state index contributed by atoms with van der Waals surface area (Å²) >= 11 is 0. The molecule has 0 amide bonds. The maximum atomic E-state index is 11.0. The number of nitrogens with two attached hydrogens (primary N) is 1. The van der Waals surface area contributed by atoms with E-state index in [4.69, 9.17) is 15.6 Å². The van der Waals surface area contributed by atoms with Gasteiger partial charge in [-0.25, -0.2) is 4.79 Å². The van der Waals surface area contributed by atoms with Crippen LogP contribution in [0.1, 0.15) is 15.9 Å². The quantitative estimate of drug-likeness (QED) is 0.447. The van der Waals surface area contributed by atoms with Crippen LogP contribution in [0.25, 0.3) is 22.0 Å². The van der Waals surface area contributed by atoms with Crippen molar-refractivity contribution in [2.75, 3.05) is 6.61 Å². The fourth-order valence-corrected chi connectivity index (χ4v) is 3.31. The van der Waals surface area contributed by atoms with Gasteiger partial charge in [0.1, 0.15) is 12.4 Å². The molecule has 1 atom stereocenters. The van der Waals surface area contributed by atoms with Crippen molar-refractivity contribution < 1.29 is 14.6 Å². The van der Waals surface area contributed by atoms with E-state index >= 15 is 0 Å². The van der Waals surface area contributed by atoms with Gasteiger partial charge >= 0.3 is 5.97 Å². The van der Waals surface area contributed by atoms with Gasteiger partial charge in [0.05, 0.1) is 11.8 Å². The van der Waals surface area contributed by atoms with Gasteiger partial charge in [-0.2, -0.15) is 0 Å². The van der Waals surface area contributed by atoms with Gasteiger partial charge in [0.2, 0.25) is 0 Å². The predicted molar refractivity (Wildman–Crippen MR) is 112 cm³/mol. The van der Waals surface area contributed by atoms with Crippen LogP contribution in [0.3, 0.4) is 0 Å². The number of carboxylic acid groups (broad SMARTS) is 1. The van der Waals surface area contributed by atoms with E-state index in [1.807, 2.05) is 30.5 Å². The van der Waals surface area contributed by atoms with Crippen molar-refractivity contribution in [1.29, 1.82) is 0 Å². The van der Waals surface area contributed by atoms with Gasteiger partial charge in [0.25, 0.3) is 0 Å². The minimum absolute atomic E-state index is 0.160. The normalized spacial score (nSPS) is 12.0. The lowest BCUT2D eigenvalue weighted by Crippen LogP contribution is -2.30. The Kier molecular flexibility index (Phi) is 5.27. The van der Waals surface area contributed by atoms with Crippen LogP contribution in [-0.4, -0.2) is 33.7 Å². The summed E-state index contributed by atoms with van der Waals surface area (Å²) in [5.74, 6) is -0.324. The molecule has 0 bridgehead atoms. The Morgan fingerprint density at radius 2 is 1.90 bits per heavy atom. The summed E-state index contributed by atoms with van der Waals surface area (Å²) in [6, 6.07) is 16.5. The molecule has 6 heteroatoms. The molecule has 2 heterocycles. The van der Waals surface area contributed by atoms with Crippen LogP contribution >= 0.6 is 0 Å². The highest BCUT2D eigenvalue weighted by Crippen LogP contribution is 2.24. The molecule has 0 saturated carbocycles. The zero-order valence-corrected chi connectivity index (χ0v) is 15.7. The molecule has 4 aromatic rings. The first kappa shape index (κ1) is 18.7. The smallest absolute Gasteiger partial charge is 0.335 e. The molecule has 0 aliphatic rings. The third-order valence-corrected chi connectivity index (χ3v) is 4.80. The molecule has 0 aliphatic carbocycles. The number of H-pyrrole nitrogens is 1. The van der Waals surface area contributed by atoms with Crippen LogP contribution in [0.5, 0.6) is 5.75 Å². The minimum Gasteiger partial charge on any atom is -0.490 e. The van der Waals surface area contributed by atoms with E-state index < -0.39 is 5.97 Å². The van der Waals surface area contributed by atoms with Crippen LogP contribution in [0, 0.1) is 0 Å². The van der Waals surface area contributed by atoms with Gasteiger partial charge in [0, 0.05) is 34.9 Å². The van der Waals surface area contributed by atoms with Gasteiger partial charge in [-0.1, -0.05) is 30.3 Å². The second kappa shape index (κ2) is 8.16. The number of aromatic nitrogens is 2. The lowest BCUT2D eigenvalue weighted by atomic mass is 10.1. The van der Waals surface area contributed by atoms with E-state index in [9.17, 15) is 4.79 Å². The van der Waals surface area contributed by atoms with Crippen molar-refractivity contribution in [1.82, 2.24) is 9.97 Å². The SMILES string of the molecule is N[C@H](COc1cncc(-c2ccc(C(=O)O)cc2)c1)Cc1c[nH]c2ccccc12. The lowest BCUT2D eigenvalue weighted by molar-refractivity contribution is 0.0697. The number of ether oxygens (including phenoxy) is 1. The fourth-order valence-electron chi connectivity index (χ4n) is 3.31. The van der Waals surface area contributed by atoms with Gasteiger partial charge in [0.15, 0.2) is 0 Å². The third-order valence-electron chi connectivity index (χ3n) is 4.80. The molecule has 29 heavy (non-hydrogen) atoms. The number of pyridine rings is 1. The van der Waals surface area contributed by atoms with E-state index in [-0.39, 0.29) is 11.6 Å². The number of rotatable bonds is 7. The van der Waals surface area contributed by atoms with E-state index in [2.05, 4.69) is 16.0 Å². The van der Waals surface area contributed by atoms with E-state index in [1.165, 1.54) is 10.9 Å². The number of fused-ring (bicyclic) bond motifs is 1. The summed E-state index contributed by atoms with van der Waals surface area (Å²) in [7, 11) is 0. The zero-order chi connectivity index (χ0) is 20.2. The van der Waals surface area contributed by atoms with Gasteiger partial charge in [-0.3, -0.25) is 4.98 Å². The molecule has 4 N–H and O–H groups in total.